The third kappa shape index (κ3) is 4.25. The van der Waals surface area contributed by atoms with Crippen LogP contribution < -0.4 is 14.2 Å². The van der Waals surface area contributed by atoms with E-state index in [0.717, 1.165) is 23.3 Å². The molecule has 1 aliphatic heterocycles. The number of nitrogens with zero attached hydrogens (tertiary/aromatic N) is 2. The maximum atomic E-state index is 12.7. The molecule has 2 aromatic carbocycles. The van der Waals surface area contributed by atoms with Crippen molar-refractivity contribution in [3.05, 3.63) is 71.4 Å². The largest absolute Gasteiger partial charge is 0.493 e. The van der Waals surface area contributed by atoms with E-state index in [4.69, 9.17) is 18.6 Å². The van der Waals surface area contributed by atoms with Crippen molar-refractivity contribution >= 4 is 5.91 Å². The maximum Gasteiger partial charge on any atom is 0.275 e. The molecule has 1 aromatic heterocycles. The second kappa shape index (κ2) is 8.49. The van der Waals surface area contributed by atoms with Gasteiger partial charge in [-0.05, 0) is 36.2 Å². The van der Waals surface area contributed by atoms with Crippen molar-refractivity contribution in [2.45, 2.75) is 26.1 Å². The topological polar surface area (TPSA) is 74.0 Å². The minimum absolute atomic E-state index is 0.0694. The Bertz CT molecular complexity index is 1020. The lowest BCUT2D eigenvalue weighted by Gasteiger charge is -2.20. The van der Waals surface area contributed by atoms with E-state index in [9.17, 15) is 4.79 Å². The van der Waals surface area contributed by atoms with Gasteiger partial charge in [0.05, 0.1) is 13.7 Å². The molecule has 0 aliphatic carbocycles. The van der Waals surface area contributed by atoms with Crippen molar-refractivity contribution < 1.29 is 23.4 Å². The number of fused-ring (bicyclic) bond motifs is 1. The first kappa shape index (κ1) is 19.8. The Morgan fingerprint density at radius 2 is 2.07 bits per heavy atom. The summed E-state index contributed by atoms with van der Waals surface area (Å²) in [4.78, 5) is 18.6. The second-order valence-electron chi connectivity index (χ2n) is 7.31. The zero-order valence-electron chi connectivity index (χ0n) is 17.3. The van der Waals surface area contributed by atoms with Crippen LogP contribution in [0.2, 0.25) is 0 Å². The minimum atomic E-state index is -0.225. The van der Waals surface area contributed by atoms with E-state index in [-0.39, 0.29) is 24.3 Å². The number of likely N-dealkylation sites (N-methyl/N-ethyl adjacent to an activating group) is 1. The number of carbonyl (C=O) groups is 1. The molecule has 1 atom stereocenters. The van der Waals surface area contributed by atoms with Crippen molar-refractivity contribution in [2.24, 2.45) is 0 Å². The number of hydrogen-bond acceptors (Lipinski definition) is 6. The van der Waals surface area contributed by atoms with Gasteiger partial charge in [-0.2, -0.15) is 0 Å². The van der Waals surface area contributed by atoms with Gasteiger partial charge < -0.3 is 23.5 Å². The summed E-state index contributed by atoms with van der Waals surface area (Å²) in [5.41, 5.74) is 2.47. The average Bonchev–Trinajstić information content (AvgIpc) is 3.38. The van der Waals surface area contributed by atoms with Gasteiger partial charge >= 0.3 is 0 Å². The number of ether oxygens (including phenoxy) is 3. The van der Waals surface area contributed by atoms with E-state index in [1.54, 1.807) is 19.1 Å². The summed E-state index contributed by atoms with van der Waals surface area (Å²) in [6, 6.07) is 13.6. The Hall–Kier alpha value is -3.48. The number of hydrogen-bond donors (Lipinski definition) is 0. The SMILES string of the molecule is COc1cc(C)ccc1OCc1nc(C(=O)N(C)CC2Cc3ccccc3O2)co1. The zero-order valence-corrected chi connectivity index (χ0v) is 17.3. The molecule has 0 bridgehead atoms. The number of aryl methyl sites for hydroxylation is 1. The normalized spacial score (nSPS) is 14.7. The highest BCUT2D eigenvalue weighted by Crippen LogP contribution is 2.29. The van der Waals surface area contributed by atoms with Crippen LogP contribution in [0.5, 0.6) is 17.2 Å². The Kier molecular flexibility index (Phi) is 5.61. The lowest BCUT2D eigenvalue weighted by Crippen LogP contribution is -2.36. The molecule has 30 heavy (non-hydrogen) atoms. The Balaban J connectivity index is 1.34. The molecule has 7 heteroatoms. The Morgan fingerprint density at radius 1 is 1.23 bits per heavy atom. The van der Waals surface area contributed by atoms with Crippen molar-refractivity contribution in [1.29, 1.82) is 0 Å². The molecule has 1 unspecified atom stereocenters. The number of benzene rings is 2. The number of rotatable bonds is 7. The number of methoxy groups -OCH3 is 1. The molecule has 3 aromatic rings. The monoisotopic (exact) mass is 408 g/mol. The molecule has 0 radical (unpaired) electrons. The number of oxazole rings is 1. The molecule has 0 saturated heterocycles. The number of carbonyl (C=O) groups excluding carboxylic acids is 1. The number of para-hydroxylation sites is 1. The van der Waals surface area contributed by atoms with E-state index in [1.165, 1.54) is 6.26 Å². The van der Waals surface area contributed by atoms with Crippen LogP contribution in [0.3, 0.4) is 0 Å². The van der Waals surface area contributed by atoms with E-state index >= 15 is 0 Å². The van der Waals surface area contributed by atoms with Gasteiger partial charge in [-0.25, -0.2) is 4.98 Å². The highest BCUT2D eigenvalue weighted by molar-refractivity contribution is 5.91. The summed E-state index contributed by atoms with van der Waals surface area (Å²) in [5.74, 6) is 2.20. The third-order valence-electron chi connectivity index (χ3n) is 4.98. The smallest absolute Gasteiger partial charge is 0.275 e. The second-order valence-corrected chi connectivity index (χ2v) is 7.31. The van der Waals surface area contributed by atoms with Gasteiger partial charge in [0, 0.05) is 13.5 Å². The third-order valence-corrected chi connectivity index (χ3v) is 4.98. The van der Waals surface area contributed by atoms with Crippen LogP contribution >= 0.6 is 0 Å². The van der Waals surface area contributed by atoms with Crippen LogP contribution in [-0.2, 0) is 13.0 Å². The molecular weight excluding hydrogens is 384 g/mol. The van der Waals surface area contributed by atoms with Gasteiger partial charge in [0.2, 0.25) is 5.89 Å². The number of aromatic nitrogens is 1. The molecule has 0 spiro atoms. The lowest BCUT2D eigenvalue weighted by molar-refractivity contribution is 0.0724. The summed E-state index contributed by atoms with van der Waals surface area (Å²) < 4.78 is 22.4. The number of amides is 1. The van der Waals surface area contributed by atoms with Crippen molar-refractivity contribution in [2.75, 3.05) is 20.7 Å². The fourth-order valence-electron chi connectivity index (χ4n) is 3.45. The fourth-order valence-corrected chi connectivity index (χ4v) is 3.45. The van der Waals surface area contributed by atoms with E-state index < -0.39 is 0 Å². The van der Waals surface area contributed by atoms with Crippen LogP contribution in [0.1, 0.15) is 27.5 Å². The van der Waals surface area contributed by atoms with Crippen LogP contribution in [0, 0.1) is 6.92 Å². The minimum Gasteiger partial charge on any atom is -0.493 e. The zero-order chi connectivity index (χ0) is 21.1. The van der Waals surface area contributed by atoms with Gasteiger partial charge in [0.25, 0.3) is 5.91 Å². The van der Waals surface area contributed by atoms with Crippen LogP contribution in [-0.4, -0.2) is 42.6 Å². The molecule has 0 N–H and O–H groups in total. The summed E-state index contributed by atoms with van der Waals surface area (Å²) in [7, 11) is 3.32. The Morgan fingerprint density at radius 3 is 2.87 bits per heavy atom. The molecule has 1 aliphatic rings. The van der Waals surface area contributed by atoms with Gasteiger partial charge in [0.15, 0.2) is 23.8 Å². The predicted molar refractivity (Wildman–Crippen MR) is 110 cm³/mol. The van der Waals surface area contributed by atoms with Gasteiger partial charge in [-0.3, -0.25) is 4.79 Å². The first-order valence-corrected chi connectivity index (χ1v) is 9.75. The van der Waals surface area contributed by atoms with Crippen molar-refractivity contribution in [3.8, 4) is 17.2 Å². The molecule has 2 heterocycles. The van der Waals surface area contributed by atoms with Gasteiger partial charge in [-0.1, -0.05) is 24.3 Å². The van der Waals surface area contributed by atoms with E-state index in [1.807, 2.05) is 49.4 Å². The molecule has 156 valence electrons. The molecular formula is C23H24N2O5. The first-order valence-electron chi connectivity index (χ1n) is 9.75. The molecule has 0 saturated carbocycles. The fraction of sp³-hybridized carbons (Fsp3) is 0.304. The quantitative estimate of drug-likeness (QED) is 0.594. The highest BCUT2D eigenvalue weighted by Gasteiger charge is 2.26. The molecule has 0 fully saturated rings. The summed E-state index contributed by atoms with van der Waals surface area (Å²) in [5, 5.41) is 0. The van der Waals surface area contributed by atoms with Crippen molar-refractivity contribution in [1.82, 2.24) is 9.88 Å². The van der Waals surface area contributed by atoms with Gasteiger partial charge in [-0.15, -0.1) is 0 Å². The van der Waals surface area contributed by atoms with E-state index in [2.05, 4.69) is 4.98 Å². The highest BCUT2D eigenvalue weighted by atomic mass is 16.5. The lowest BCUT2D eigenvalue weighted by atomic mass is 10.1. The van der Waals surface area contributed by atoms with Crippen LogP contribution in [0.4, 0.5) is 0 Å². The van der Waals surface area contributed by atoms with Gasteiger partial charge in [0.1, 0.15) is 18.1 Å². The van der Waals surface area contributed by atoms with E-state index in [0.29, 0.717) is 23.9 Å². The predicted octanol–water partition coefficient (Wildman–Crippen LogP) is 3.65. The van der Waals surface area contributed by atoms with Crippen LogP contribution in [0.25, 0.3) is 0 Å². The Labute approximate surface area is 175 Å². The summed E-state index contributed by atoms with van der Waals surface area (Å²) >= 11 is 0. The maximum absolute atomic E-state index is 12.7. The molecule has 7 nitrogen and oxygen atoms in total. The standard InChI is InChI=1S/C23H24N2O5/c1-15-8-9-20(21(10-15)27-3)28-14-22-24-18(13-29-22)23(26)25(2)12-17-11-16-6-4-5-7-19(16)30-17/h4-10,13,17H,11-12,14H2,1-3H3. The summed E-state index contributed by atoms with van der Waals surface area (Å²) in [6.07, 6.45) is 2.07. The molecule has 4 rings (SSSR count). The first-order chi connectivity index (χ1) is 14.5. The van der Waals surface area contributed by atoms with Crippen LogP contribution in [0.15, 0.2) is 53.1 Å². The summed E-state index contributed by atoms with van der Waals surface area (Å²) in [6.45, 7) is 2.54. The average molecular weight is 408 g/mol. The van der Waals surface area contributed by atoms with Crippen molar-refractivity contribution in [3.63, 3.8) is 0 Å². The molecule has 1 amide bonds.